The van der Waals surface area contributed by atoms with E-state index in [1.165, 1.54) is 23.3 Å². The fourth-order valence-electron chi connectivity index (χ4n) is 2.78. The Morgan fingerprint density at radius 3 is 2.60 bits per heavy atom. The number of hydrogen-bond acceptors (Lipinski definition) is 3. The number of fused-ring (bicyclic) bond motifs is 1. The molecule has 0 aliphatic carbocycles. The summed E-state index contributed by atoms with van der Waals surface area (Å²) in [6, 6.07) is 9.95. The molecule has 5 nitrogen and oxygen atoms in total. The summed E-state index contributed by atoms with van der Waals surface area (Å²) in [5.41, 5.74) is 4.96. The number of aromatic nitrogens is 3. The lowest BCUT2D eigenvalue weighted by molar-refractivity contribution is -0.121. The first-order valence-corrected chi connectivity index (χ1v) is 8.26. The van der Waals surface area contributed by atoms with Crippen molar-refractivity contribution in [2.45, 2.75) is 39.8 Å². The van der Waals surface area contributed by atoms with E-state index in [-0.39, 0.29) is 24.2 Å². The van der Waals surface area contributed by atoms with Gasteiger partial charge in [0.1, 0.15) is 11.3 Å². The van der Waals surface area contributed by atoms with Gasteiger partial charge in [-0.25, -0.2) is 9.07 Å². The standard InChI is InChI=1S/C19H21FN4O/c1-12-8-17-18(9-13(12)2)24(23-22-17)11-14(3)21-19(25)10-15-4-6-16(20)7-5-15/h4-9,14H,10-11H2,1-3H3,(H,21,25)/t14-/m1/s1. The largest absolute Gasteiger partial charge is 0.351 e. The third-order valence-electron chi connectivity index (χ3n) is 4.26. The molecule has 1 aromatic heterocycles. The number of rotatable bonds is 5. The lowest BCUT2D eigenvalue weighted by Gasteiger charge is -2.14. The van der Waals surface area contributed by atoms with Gasteiger partial charge in [-0.3, -0.25) is 4.79 Å². The number of benzene rings is 2. The maximum Gasteiger partial charge on any atom is 0.224 e. The monoisotopic (exact) mass is 340 g/mol. The molecule has 0 aliphatic heterocycles. The molecule has 0 unspecified atom stereocenters. The van der Waals surface area contributed by atoms with Crippen molar-refractivity contribution in [3.63, 3.8) is 0 Å². The Kier molecular flexibility index (Phi) is 4.79. The van der Waals surface area contributed by atoms with E-state index in [9.17, 15) is 9.18 Å². The molecule has 6 heteroatoms. The summed E-state index contributed by atoms with van der Waals surface area (Å²) < 4.78 is 14.7. The summed E-state index contributed by atoms with van der Waals surface area (Å²) in [6.45, 7) is 6.57. The molecule has 25 heavy (non-hydrogen) atoms. The molecule has 3 aromatic rings. The highest BCUT2D eigenvalue weighted by Crippen LogP contribution is 2.17. The van der Waals surface area contributed by atoms with E-state index in [1.807, 2.05) is 24.6 Å². The van der Waals surface area contributed by atoms with Gasteiger partial charge >= 0.3 is 0 Å². The van der Waals surface area contributed by atoms with E-state index < -0.39 is 0 Å². The molecule has 130 valence electrons. The Bertz CT molecular complexity index is 902. The third kappa shape index (κ3) is 4.02. The first-order valence-electron chi connectivity index (χ1n) is 8.26. The van der Waals surface area contributed by atoms with Crippen LogP contribution in [0.15, 0.2) is 36.4 Å². The van der Waals surface area contributed by atoms with Crippen molar-refractivity contribution in [2.24, 2.45) is 0 Å². The van der Waals surface area contributed by atoms with Gasteiger partial charge in [-0.15, -0.1) is 5.10 Å². The van der Waals surface area contributed by atoms with Crippen LogP contribution in [0, 0.1) is 19.7 Å². The average molecular weight is 340 g/mol. The van der Waals surface area contributed by atoms with E-state index in [2.05, 4.69) is 28.6 Å². The fraction of sp³-hybridized carbons (Fsp3) is 0.316. The molecule has 2 aromatic carbocycles. The highest BCUT2D eigenvalue weighted by molar-refractivity contribution is 5.79. The summed E-state index contributed by atoms with van der Waals surface area (Å²) in [6.07, 6.45) is 0.223. The molecule has 0 bridgehead atoms. The van der Waals surface area contributed by atoms with Crippen LogP contribution in [0.4, 0.5) is 4.39 Å². The normalized spacial score (nSPS) is 12.3. The summed E-state index contributed by atoms with van der Waals surface area (Å²) >= 11 is 0. The number of hydrogen-bond donors (Lipinski definition) is 1. The molecule has 0 saturated carbocycles. The van der Waals surface area contributed by atoms with Crippen LogP contribution in [-0.2, 0) is 17.8 Å². The average Bonchev–Trinajstić information content (AvgIpc) is 2.92. The maximum absolute atomic E-state index is 12.9. The minimum Gasteiger partial charge on any atom is -0.351 e. The van der Waals surface area contributed by atoms with Crippen molar-refractivity contribution >= 4 is 16.9 Å². The Hall–Kier alpha value is -2.76. The van der Waals surface area contributed by atoms with Crippen LogP contribution in [0.2, 0.25) is 0 Å². The van der Waals surface area contributed by atoms with Gasteiger partial charge in [0.2, 0.25) is 5.91 Å². The number of nitrogens with zero attached hydrogens (tertiary/aromatic N) is 3. The molecular weight excluding hydrogens is 319 g/mol. The molecule has 0 aliphatic rings. The molecular formula is C19H21FN4O. The third-order valence-corrected chi connectivity index (χ3v) is 4.26. The summed E-state index contributed by atoms with van der Waals surface area (Å²) in [5, 5.41) is 11.3. The van der Waals surface area contributed by atoms with E-state index in [1.54, 1.807) is 12.1 Å². The number of amides is 1. The topological polar surface area (TPSA) is 59.8 Å². The second-order valence-corrected chi connectivity index (χ2v) is 6.47. The van der Waals surface area contributed by atoms with Gasteiger partial charge in [0, 0.05) is 6.04 Å². The van der Waals surface area contributed by atoms with Gasteiger partial charge < -0.3 is 5.32 Å². The van der Waals surface area contributed by atoms with Crippen molar-refractivity contribution in [1.82, 2.24) is 20.3 Å². The minimum absolute atomic E-state index is 0.0977. The lowest BCUT2D eigenvalue weighted by Crippen LogP contribution is -2.36. The lowest BCUT2D eigenvalue weighted by atomic mass is 10.1. The van der Waals surface area contributed by atoms with Gasteiger partial charge in [-0.05, 0) is 61.7 Å². The fourth-order valence-corrected chi connectivity index (χ4v) is 2.78. The van der Waals surface area contributed by atoms with Crippen molar-refractivity contribution in [3.8, 4) is 0 Å². The van der Waals surface area contributed by atoms with Crippen LogP contribution in [-0.4, -0.2) is 26.9 Å². The SMILES string of the molecule is Cc1cc2nnn(C[C@@H](C)NC(=O)Cc3ccc(F)cc3)c2cc1C. The zero-order valence-corrected chi connectivity index (χ0v) is 14.6. The Morgan fingerprint density at radius 2 is 1.88 bits per heavy atom. The number of aryl methyl sites for hydroxylation is 2. The molecule has 3 rings (SSSR count). The van der Waals surface area contributed by atoms with Crippen LogP contribution in [0.5, 0.6) is 0 Å². The van der Waals surface area contributed by atoms with Gasteiger partial charge in [0.15, 0.2) is 0 Å². The van der Waals surface area contributed by atoms with E-state index in [0.29, 0.717) is 6.54 Å². The van der Waals surface area contributed by atoms with Crippen LogP contribution < -0.4 is 5.32 Å². The predicted octanol–water partition coefficient (Wildman–Crippen LogP) is 2.93. The summed E-state index contributed by atoms with van der Waals surface area (Å²) in [7, 11) is 0. The number of nitrogens with one attached hydrogen (secondary N) is 1. The van der Waals surface area contributed by atoms with E-state index in [4.69, 9.17) is 0 Å². The predicted molar refractivity (Wildman–Crippen MR) is 94.7 cm³/mol. The molecule has 1 heterocycles. The zero-order chi connectivity index (χ0) is 18.0. The van der Waals surface area contributed by atoms with Crippen LogP contribution >= 0.6 is 0 Å². The first-order chi connectivity index (χ1) is 11.9. The summed E-state index contributed by atoms with van der Waals surface area (Å²) in [5.74, 6) is -0.406. The zero-order valence-electron chi connectivity index (χ0n) is 14.6. The van der Waals surface area contributed by atoms with E-state index in [0.717, 1.165) is 16.6 Å². The Balaban J connectivity index is 1.64. The first kappa shape index (κ1) is 17.1. The quantitative estimate of drug-likeness (QED) is 0.777. The smallest absolute Gasteiger partial charge is 0.224 e. The molecule has 0 radical (unpaired) electrons. The summed E-state index contributed by atoms with van der Waals surface area (Å²) in [4.78, 5) is 12.1. The van der Waals surface area contributed by atoms with Crippen LogP contribution in [0.3, 0.4) is 0 Å². The second-order valence-electron chi connectivity index (χ2n) is 6.47. The van der Waals surface area contributed by atoms with Gasteiger partial charge in [0.25, 0.3) is 0 Å². The molecule has 1 atom stereocenters. The van der Waals surface area contributed by atoms with Gasteiger partial charge in [-0.2, -0.15) is 0 Å². The van der Waals surface area contributed by atoms with Crippen molar-refractivity contribution in [3.05, 3.63) is 58.9 Å². The molecule has 0 fully saturated rings. The van der Waals surface area contributed by atoms with E-state index >= 15 is 0 Å². The number of carbonyl (C=O) groups excluding carboxylic acids is 1. The van der Waals surface area contributed by atoms with Crippen LogP contribution in [0.1, 0.15) is 23.6 Å². The Labute approximate surface area is 145 Å². The van der Waals surface area contributed by atoms with Crippen molar-refractivity contribution in [2.75, 3.05) is 0 Å². The van der Waals surface area contributed by atoms with Gasteiger partial charge in [0.05, 0.1) is 18.5 Å². The molecule has 1 amide bonds. The molecule has 0 saturated heterocycles. The highest BCUT2D eigenvalue weighted by atomic mass is 19.1. The number of carbonyl (C=O) groups is 1. The maximum atomic E-state index is 12.9. The van der Waals surface area contributed by atoms with Gasteiger partial charge in [-0.1, -0.05) is 17.3 Å². The highest BCUT2D eigenvalue weighted by Gasteiger charge is 2.12. The van der Waals surface area contributed by atoms with Crippen molar-refractivity contribution < 1.29 is 9.18 Å². The minimum atomic E-state index is -0.305. The van der Waals surface area contributed by atoms with Crippen molar-refractivity contribution in [1.29, 1.82) is 0 Å². The number of halogens is 1. The molecule has 1 N–H and O–H groups in total. The van der Waals surface area contributed by atoms with Crippen LogP contribution in [0.25, 0.3) is 11.0 Å². The second kappa shape index (κ2) is 7.01. The molecule has 0 spiro atoms. The Morgan fingerprint density at radius 1 is 1.20 bits per heavy atom.